The van der Waals surface area contributed by atoms with Crippen LogP contribution in [0.15, 0.2) is 0 Å². The first-order chi connectivity index (χ1) is 6.15. The Morgan fingerprint density at radius 3 is 2.38 bits per heavy atom. The second-order valence-electron chi connectivity index (χ2n) is 3.81. The first kappa shape index (κ1) is 10.3. The summed E-state index contributed by atoms with van der Waals surface area (Å²) in [5.41, 5.74) is 5.17. The third-order valence-corrected chi connectivity index (χ3v) is 2.97. The van der Waals surface area contributed by atoms with Crippen LogP contribution in [0.1, 0.15) is 25.7 Å². The molecule has 0 heterocycles. The number of carbonyl (C=O) groups excluding carboxylic acids is 1. The molecule has 1 saturated carbocycles. The van der Waals surface area contributed by atoms with E-state index in [1.54, 1.807) is 11.9 Å². The molecule has 0 unspecified atom stereocenters. The minimum absolute atomic E-state index is 0.271. The lowest BCUT2D eigenvalue weighted by Gasteiger charge is -2.33. The van der Waals surface area contributed by atoms with Gasteiger partial charge >= 0.3 is 6.03 Å². The molecule has 1 rings (SSSR count). The fraction of sp³-hybridized carbons (Fsp3) is 0.889. The molecule has 0 bridgehead atoms. The van der Waals surface area contributed by atoms with Gasteiger partial charge in [0.2, 0.25) is 0 Å². The Kier molecular flexibility index (Phi) is 3.54. The molecule has 4 heteroatoms. The van der Waals surface area contributed by atoms with Crippen molar-refractivity contribution < 1.29 is 9.90 Å². The van der Waals surface area contributed by atoms with E-state index >= 15 is 0 Å². The van der Waals surface area contributed by atoms with Gasteiger partial charge in [0, 0.05) is 19.7 Å². The van der Waals surface area contributed by atoms with Crippen LogP contribution >= 0.6 is 0 Å². The van der Waals surface area contributed by atoms with Crippen LogP contribution in [-0.2, 0) is 0 Å². The maximum absolute atomic E-state index is 10.8. The largest absolute Gasteiger partial charge is 0.396 e. The van der Waals surface area contributed by atoms with Crippen molar-refractivity contribution in [3.05, 3.63) is 0 Å². The molecule has 1 aliphatic rings. The molecule has 1 fully saturated rings. The summed E-state index contributed by atoms with van der Waals surface area (Å²) in [6, 6.07) is -0.0762. The molecule has 13 heavy (non-hydrogen) atoms. The molecule has 1 aliphatic carbocycles. The summed E-state index contributed by atoms with van der Waals surface area (Å²) < 4.78 is 0. The molecule has 3 N–H and O–H groups in total. The molecule has 76 valence electrons. The van der Waals surface area contributed by atoms with Crippen molar-refractivity contribution in [2.75, 3.05) is 13.7 Å². The normalized spacial score (nSPS) is 28.5. The predicted molar refractivity (Wildman–Crippen MR) is 50.2 cm³/mol. The number of nitrogens with two attached hydrogens (primary N) is 1. The van der Waals surface area contributed by atoms with E-state index in [2.05, 4.69) is 0 Å². The fourth-order valence-corrected chi connectivity index (χ4v) is 1.89. The summed E-state index contributed by atoms with van der Waals surface area (Å²) in [4.78, 5) is 12.5. The molecule has 0 aromatic heterocycles. The van der Waals surface area contributed by atoms with Gasteiger partial charge < -0.3 is 15.7 Å². The van der Waals surface area contributed by atoms with Crippen LogP contribution < -0.4 is 5.73 Å². The number of rotatable bonds is 2. The number of hydrogen-bond acceptors (Lipinski definition) is 2. The van der Waals surface area contributed by atoms with E-state index in [0.29, 0.717) is 5.92 Å². The van der Waals surface area contributed by atoms with Gasteiger partial charge in [-0.15, -0.1) is 0 Å². The van der Waals surface area contributed by atoms with Gasteiger partial charge in [0.1, 0.15) is 0 Å². The Morgan fingerprint density at radius 2 is 2.00 bits per heavy atom. The van der Waals surface area contributed by atoms with Crippen LogP contribution in [-0.4, -0.2) is 35.7 Å². The highest BCUT2D eigenvalue weighted by atomic mass is 16.3. The molecule has 2 amide bonds. The van der Waals surface area contributed by atoms with Crippen molar-refractivity contribution in [2.45, 2.75) is 31.7 Å². The summed E-state index contributed by atoms with van der Waals surface area (Å²) >= 11 is 0. The van der Waals surface area contributed by atoms with Crippen molar-refractivity contribution >= 4 is 6.03 Å². The number of nitrogens with zero attached hydrogens (tertiary/aromatic N) is 1. The summed E-state index contributed by atoms with van der Waals surface area (Å²) in [6.45, 7) is 0.271. The average Bonchev–Trinajstić information content (AvgIpc) is 2.17. The standard InChI is InChI=1S/C9H18N2O2/c1-11(9(10)13)8-4-2-7(6-12)3-5-8/h7-8,12H,2-6H2,1H3,(H2,10,13). The van der Waals surface area contributed by atoms with E-state index in [1.165, 1.54) is 0 Å². The van der Waals surface area contributed by atoms with Gasteiger partial charge in [0.25, 0.3) is 0 Å². The Labute approximate surface area is 78.7 Å². The number of aliphatic hydroxyl groups excluding tert-OH is 1. The molecular formula is C9H18N2O2. The molecule has 0 aromatic carbocycles. The summed E-state index contributed by atoms with van der Waals surface area (Å²) in [5.74, 6) is 0.428. The van der Waals surface area contributed by atoms with Crippen LogP contribution in [0.4, 0.5) is 4.79 Å². The zero-order chi connectivity index (χ0) is 9.84. The van der Waals surface area contributed by atoms with Crippen molar-refractivity contribution in [2.24, 2.45) is 11.7 Å². The van der Waals surface area contributed by atoms with Gasteiger partial charge in [-0.1, -0.05) is 0 Å². The summed E-state index contributed by atoms with van der Waals surface area (Å²) in [6.07, 6.45) is 3.92. The number of carbonyl (C=O) groups is 1. The summed E-state index contributed by atoms with van der Waals surface area (Å²) in [5, 5.41) is 8.92. The smallest absolute Gasteiger partial charge is 0.314 e. The van der Waals surface area contributed by atoms with E-state index in [1.807, 2.05) is 0 Å². The molecule has 0 spiro atoms. The maximum atomic E-state index is 10.8. The summed E-state index contributed by atoms with van der Waals surface area (Å²) in [7, 11) is 1.74. The molecule has 4 nitrogen and oxygen atoms in total. The molecule has 0 radical (unpaired) electrons. The van der Waals surface area contributed by atoms with Gasteiger partial charge in [0.15, 0.2) is 0 Å². The van der Waals surface area contributed by atoms with Crippen LogP contribution in [0.3, 0.4) is 0 Å². The first-order valence-corrected chi connectivity index (χ1v) is 4.78. The monoisotopic (exact) mass is 186 g/mol. The van der Waals surface area contributed by atoms with E-state index in [4.69, 9.17) is 10.8 Å². The molecule has 0 atom stereocenters. The zero-order valence-electron chi connectivity index (χ0n) is 8.07. The van der Waals surface area contributed by atoms with Gasteiger partial charge in [-0.25, -0.2) is 4.79 Å². The quantitative estimate of drug-likeness (QED) is 0.661. The minimum Gasteiger partial charge on any atom is -0.396 e. The maximum Gasteiger partial charge on any atom is 0.314 e. The van der Waals surface area contributed by atoms with E-state index in [9.17, 15) is 4.79 Å². The lowest BCUT2D eigenvalue weighted by molar-refractivity contribution is 0.138. The predicted octanol–water partition coefficient (Wildman–Crippen LogP) is 0.548. The number of amides is 2. The number of primary amides is 1. The third kappa shape index (κ3) is 2.59. The Balaban J connectivity index is 2.36. The lowest BCUT2D eigenvalue weighted by atomic mass is 9.86. The van der Waals surface area contributed by atoms with Crippen LogP contribution in [0.2, 0.25) is 0 Å². The van der Waals surface area contributed by atoms with Crippen LogP contribution in [0.25, 0.3) is 0 Å². The van der Waals surface area contributed by atoms with Crippen molar-refractivity contribution in [1.82, 2.24) is 4.90 Å². The Morgan fingerprint density at radius 1 is 1.46 bits per heavy atom. The molecule has 0 aliphatic heterocycles. The molecule has 0 saturated heterocycles. The van der Waals surface area contributed by atoms with Crippen molar-refractivity contribution in [3.63, 3.8) is 0 Å². The van der Waals surface area contributed by atoms with Crippen molar-refractivity contribution in [1.29, 1.82) is 0 Å². The van der Waals surface area contributed by atoms with E-state index in [0.717, 1.165) is 25.7 Å². The highest BCUT2D eigenvalue weighted by molar-refractivity contribution is 5.71. The average molecular weight is 186 g/mol. The van der Waals surface area contributed by atoms with Gasteiger partial charge in [-0.05, 0) is 31.6 Å². The van der Waals surface area contributed by atoms with Gasteiger partial charge in [0.05, 0.1) is 0 Å². The zero-order valence-corrected chi connectivity index (χ0v) is 8.07. The van der Waals surface area contributed by atoms with Crippen molar-refractivity contribution in [3.8, 4) is 0 Å². The highest BCUT2D eigenvalue weighted by Crippen LogP contribution is 2.26. The lowest BCUT2D eigenvalue weighted by Crippen LogP contribution is -2.42. The Hall–Kier alpha value is -0.770. The van der Waals surface area contributed by atoms with Gasteiger partial charge in [-0.2, -0.15) is 0 Å². The highest BCUT2D eigenvalue weighted by Gasteiger charge is 2.24. The molecular weight excluding hydrogens is 168 g/mol. The fourth-order valence-electron chi connectivity index (χ4n) is 1.89. The van der Waals surface area contributed by atoms with Crippen LogP contribution in [0, 0.1) is 5.92 Å². The van der Waals surface area contributed by atoms with Crippen LogP contribution in [0.5, 0.6) is 0 Å². The first-order valence-electron chi connectivity index (χ1n) is 4.78. The topological polar surface area (TPSA) is 66.6 Å². The SMILES string of the molecule is CN(C(N)=O)C1CCC(CO)CC1. The number of hydrogen-bond donors (Lipinski definition) is 2. The minimum atomic E-state index is -0.354. The Bertz CT molecular complexity index is 176. The van der Waals surface area contributed by atoms with Gasteiger partial charge in [-0.3, -0.25) is 0 Å². The number of urea groups is 1. The van der Waals surface area contributed by atoms with E-state index < -0.39 is 0 Å². The second kappa shape index (κ2) is 4.46. The third-order valence-electron chi connectivity index (χ3n) is 2.97. The van der Waals surface area contributed by atoms with E-state index in [-0.39, 0.29) is 18.7 Å². The molecule has 0 aromatic rings. The number of aliphatic hydroxyl groups is 1. The second-order valence-corrected chi connectivity index (χ2v) is 3.81.